The standard InChI is InChI=1S/C16H24ClN3O2/c1-4-9-18-15(21)11-20(3)16(22)12-19(2)10-13-7-5-6-8-14(13)17/h5-8H,4,9-12H2,1-3H3,(H,18,21). The van der Waals surface area contributed by atoms with Gasteiger partial charge in [-0.25, -0.2) is 0 Å². The molecule has 0 saturated heterocycles. The van der Waals surface area contributed by atoms with E-state index in [0.29, 0.717) is 18.1 Å². The molecule has 22 heavy (non-hydrogen) atoms. The molecule has 0 aromatic heterocycles. The molecular weight excluding hydrogens is 302 g/mol. The second-order valence-electron chi connectivity index (χ2n) is 5.36. The van der Waals surface area contributed by atoms with Crippen LogP contribution in [0.3, 0.4) is 0 Å². The summed E-state index contributed by atoms with van der Waals surface area (Å²) in [7, 11) is 3.49. The maximum Gasteiger partial charge on any atom is 0.239 e. The average Bonchev–Trinajstić information content (AvgIpc) is 2.47. The zero-order chi connectivity index (χ0) is 16.5. The van der Waals surface area contributed by atoms with Crippen LogP contribution in [-0.4, -0.2) is 55.3 Å². The Morgan fingerprint density at radius 2 is 1.86 bits per heavy atom. The first-order valence-corrected chi connectivity index (χ1v) is 7.74. The van der Waals surface area contributed by atoms with Crippen LogP contribution in [0.2, 0.25) is 5.02 Å². The molecule has 0 saturated carbocycles. The van der Waals surface area contributed by atoms with E-state index in [1.807, 2.05) is 43.1 Å². The molecule has 1 aromatic carbocycles. The lowest BCUT2D eigenvalue weighted by Crippen LogP contribution is -2.42. The molecule has 0 aliphatic rings. The van der Waals surface area contributed by atoms with Crippen LogP contribution < -0.4 is 5.32 Å². The van der Waals surface area contributed by atoms with Crippen LogP contribution in [0.4, 0.5) is 0 Å². The number of likely N-dealkylation sites (N-methyl/N-ethyl adjacent to an activating group) is 2. The number of rotatable bonds is 8. The van der Waals surface area contributed by atoms with E-state index in [9.17, 15) is 9.59 Å². The number of nitrogens with one attached hydrogen (secondary N) is 1. The van der Waals surface area contributed by atoms with Crippen molar-refractivity contribution in [1.29, 1.82) is 0 Å². The summed E-state index contributed by atoms with van der Waals surface area (Å²) in [5.74, 6) is -0.229. The summed E-state index contributed by atoms with van der Waals surface area (Å²) in [5.41, 5.74) is 0.975. The minimum absolute atomic E-state index is 0.0821. The molecule has 122 valence electrons. The summed E-state index contributed by atoms with van der Waals surface area (Å²) in [5, 5.41) is 3.44. The molecule has 2 amide bonds. The molecular formula is C16H24ClN3O2. The lowest BCUT2D eigenvalue weighted by molar-refractivity contribution is -0.135. The summed E-state index contributed by atoms with van der Waals surface area (Å²) < 4.78 is 0. The predicted molar refractivity (Wildman–Crippen MR) is 88.7 cm³/mol. The van der Waals surface area contributed by atoms with Crippen LogP contribution >= 0.6 is 11.6 Å². The first-order chi connectivity index (χ1) is 10.4. The molecule has 0 aliphatic carbocycles. The van der Waals surface area contributed by atoms with E-state index >= 15 is 0 Å². The van der Waals surface area contributed by atoms with Gasteiger partial charge in [-0.15, -0.1) is 0 Å². The Labute approximate surface area is 137 Å². The lowest BCUT2D eigenvalue weighted by atomic mass is 10.2. The number of nitrogens with zero attached hydrogens (tertiary/aromatic N) is 2. The molecule has 5 nitrogen and oxygen atoms in total. The number of benzene rings is 1. The van der Waals surface area contributed by atoms with Crippen LogP contribution in [-0.2, 0) is 16.1 Å². The van der Waals surface area contributed by atoms with E-state index in [1.54, 1.807) is 7.05 Å². The Morgan fingerprint density at radius 1 is 1.18 bits per heavy atom. The number of hydrogen-bond acceptors (Lipinski definition) is 3. The van der Waals surface area contributed by atoms with Crippen molar-refractivity contribution in [3.8, 4) is 0 Å². The van der Waals surface area contributed by atoms with Gasteiger partial charge < -0.3 is 10.2 Å². The van der Waals surface area contributed by atoms with Gasteiger partial charge >= 0.3 is 0 Å². The topological polar surface area (TPSA) is 52.7 Å². The van der Waals surface area contributed by atoms with Gasteiger partial charge in [0.1, 0.15) is 0 Å². The van der Waals surface area contributed by atoms with Crippen LogP contribution in [0.25, 0.3) is 0 Å². The second kappa shape index (κ2) is 9.43. The molecule has 1 rings (SSSR count). The van der Waals surface area contributed by atoms with Gasteiger partial charge in [0.2, 0.25) is 11.8 Å². The van der Waals surface area contributed by atoms with Crippen molar-refractivity contribution in [2.75, 3.05) is 33.7 Å². The van der Waals surface area contributed by atoms with Crippen molar-refractivity contribution in [1.82, 2.24) is 15.1 Å². The minimum atomic E-state index is -0.133. The maximum atomic E-state index is 12.1. The molecule has 6 heteroatoms. The molecule has 1 N–H and O–H groups in total. The fourth-order valence-electron chi connectivity index (χ4n) is 1.95. The smallest absolute Gasteiger partial charge is 0.239 e. The Balaban J connectivity index is 2.43. The van der Waals surface area contributed by atoms with Crippen molar-refractivity contribution < 1.29 is 9.59 Å². The van der Waals surface area contributed by atoms with Gasteiger partial charge in [-0.2, -0.15) is 0 Å². The molecule has 0 spiro atoms. The van der Waals surface area contributed by atoms with Crippen LogP contribution in [0.1, 0.15) is 18.9 Å². The third kappa shape index (κ3) is 6.45. The predicted octanol–water partition coefficient (Wildman–Crippen LogP) is 1.76. The highest BCUT2D eigenvalue weighted by Gasteiger charge is 2.15. The summed E-state index contributed by atoms with van der Waals surface area (Å²) in [6, 6.07) is 7.56. The van der Waals surface area contributed by atoms with E-state index < -0.39 is 0 Å². The summed E-state index contributed by atoms with van der Waals surface area (Å²) in [4.78, 5) is 27.0. The average molecular weight is 326 g/mol. The molecule has 0 bridgehead atoms. The maximum absolute atomic E-state index is 12.1. The van der Waals surface area contributed by atoms with Crippen LogP contribution in [0, 0.1) is 0 Å². The monoisotopic (exact) mass is 325 g/mol. The number of carbonyl (C=O) groups is 2. The van der Waals surface area contributed by atoms with Gasteiger partial charge in [-0.05, 0) is 25.1 Å². The fraction of sp³-hybridized carbons (Fsp3) is 0.500. The highest BCUT2D eigenvalue weighted by molar-refractivity contribution is 6.31. The third-order valence-corrected chi connectivity index (χ3v) is 3.55. The lowest BCUT2D eigenvalue weighted by Gasteiger charge is -2.22. The van der Waals surface area contributed by atoms with Crippen LogP contribution in [0.5, 0.6) is 0 Å². The molecule has 1 aromatic rings. The number of hydrogen-bond donors (Lipinski definition) is 1. The molecule has 0 unspecified atom stereocenters. The zero-order valence-electron chi connectivity index (χ0n) is 13.4. The Kier molecular flexibility index (Phi) is 7.91. The third-order valence-electron chi connectivity index (χ3n) is 3.18. The molecule has 0 radical (unpaired) electrons. The number of carbonyl (C=O) groups excluding carboxylic acids is 2. The highest BCUT2D eigenvalue weighted by Crippen LogP contribution is 2.16. The van der Waals surface area contributed by atoms with Gasteiger partial charge in [0.15, 0.2) is 0 Å². The van der Waals surface area contributed by atoms with E-state index in [2.05, 4.69) is 5.32 Å². The highest BCUT2D eigenvalue weighted by atomic mass is 35.5. The SMILES string of the molecule is CCCNC(=O)CN(C)C(=O)CN(C)Cc1ccccc1Cl. The minimum Gasteiger partial charge on any atom is -0.355 e. The van der Waals surface area contributed by atoms with E-state index in [1.165, 1.54) is 4.90 Å². The fourth-order valence-corrected chi connectivity index (χ4v) is 2.14. The van der Waals surface area contributed by atoms with E-state index in [4.69, 9.17) is 11.6 Å². The van der Waals surface area contributed by atoms with Gasteiger partial charge in [0, 0.05) is 25.2 Å². The number of amides is 2. The van der Waals surface area contributed by atoms with Gasteiger partial charge in [-0.1, -0.05) is 36.7 Å². The summed E-state index contributed by atoms with van der Waals surface area (Å²) in [6.45, 7) is 3.52. The first kappa shape index (κ1) is 18.5. The molecule has 0 heterocycles. The van der Waals surface area contributed by atoms with Crippen molar-refractivity contribution >= 4 is 23.4 Å². The Morgan fingerprint density at radius 3 is 2.50 bits per heavy atom. The van der Waals surface area contributed by atoms with Gasteiger partial charge in [0.05, 0.1) is 13.1 Å². The van der Waals surface area contributed by atoms with E-state index in [0.717, 1.165) is 12.0 Å². The molecule has 0 atom stereocenters. The van der Waals surface area contributed by atoms with Gasteiger partial charge in [-0.3, -0.25) is 14.5 Å². The quantitative estimate of drug-likeness (QED) is 0.792. The normalized spacial score (nSPS) is 10.6. The largest absolute Gasteiger partial charge is 0.355 e. The van der Waals surface area contributed by atoms with Gasteiger partial charge in [0.25, 0.3) is 0 Å². The van der Waals surface area contributed by atoms with Crippen LogP contribution in [0.15, 0.2) is 24.3 Å². The Bertz CT molecular complexity index is 508. The summed E-state index contributed by atoms with van der Waals surface area (Å²) >= 11 is 6.11. The van der Waals surface area contributed by atoms with Crippen molar-refractivity contribution in [2.45, 2.75) is 19.9 Å². The number of halogens is 1. The van der Waals surface area contributed by atoms with E-state index in [-0.39, 0.29) is 24.9 Å². The Hall–Kier alpha value is -1.59. The molecule has 0 fully saturated rings. The van der Waals surface area contributed by atoms with Crippen molar-refractivity contribution in [3.63, 3.8) is 0 Å². The first-order valence-electron chi connectivity index (χ1n) is 7.36. The van der Waals surface area contributed by atoms with Crippen molar-refractivity contribution in [3.05, 3.63) is 34.9 Å². The molecule has 0 aliphatic heterocycles. The zero-order valence-corrected chi connectivity index (χ0v) is 14.2. The van der Waals surface area contributed by atoms with Crippen molar-refractivity contribution in [2.24, 2.45) is 0 Å². The second-order valence-corrected chi connectivity index (χ2v) is 5.77. The summed E-state index contributed by atoms with van der Waals surface area (Å²) in [6.07, 6.45) is 0.879.